The maximum absolute atomic E-state index is 11.7. The maximum Gasteiger partial charge on any atom is 0.162 e. The smallest absolute Gasteiger partial charge is 0.162 e. The Kier molecular flexibility index (Phi) is 5.17. The Bertz CT molecular complexity index is 410. The van der Waals surface area contributed by atoms with Gasteiger partial charge in [-0.1, -0.05) is 33.6 Å². The van der Waals surface area contributed by atoms with Crippen molar-refractivity contribution in [1.82, 2.24) is 0 Å². The molecule has 94 valence electrons. The summed E-state index contributed by atoms with van der Waals surface area (Å²) < 4.78 is 6.33. The zero-order chi connectivity index (χ0) is 13.1. The van der Waals surface area contributed by atoms with Crippen molar-refractivity contribution in [3.63, 3.8) is 0 Å². The van der Waals surface area contributed by atoms with Crippen LogP contribution in [-0.2, 0) is 16.0 Å². The quantitative estimate of drug-likeness (QED) is 0.837. The van der Waals surface area contributed by atoms with Crippen LogP contribution in [0, 0.1) is 0 Å². The molecule has 0 unspecified atom stereocenters. The third-order valence-electron chi connectivity index (χ3n) is 2.07. The monoisotopic (exact) mass is 318 g/mol. The summed E-state index contributed by atoms with van der Waals surface area (Å²) >= 11 is 9.37. The highest BCUT2D eigenvalue weighted by molar-refractivity contribution is 9.10. The molecule has 0 spiro atoms. The standard InChI is InChI=1S/C13H16BrClO2/c1-13(2,3)17-8-11(16)6-9-4-5-10(14)7-12(9)15/h4-5,7H,6,8H2,1-3H3. The fourth-order valence-corrected chi connectivity index (χ4v) is 1.97. The first-order valence-electron chi connectivity index (χ1n) is 5.37. The molecule has 0 heterocycles. The van der Waals surface area contributed by atoms with Gasteiger partial charge in [-0.3, -0.25) is 4.79 Å². The molecule has 1 aromatic rings. The van der Waals surface area contributed by atoms with Crippen LogP contribution in [0.1, 0.15) is 26.3 Å². The Morgan fingerprint density at radius 2 is 2.06 bits per heavy atom. The molecule has 0 aliphatic carbocycles. The van der Waals surface area contributed by atoms with Crippen LogP contribution in [0.25, 0.3) is 0 Å². The summed E-state index contributed by atoms with van der Waals surface area (Å²) in [5, 5.41) is 0.600. The maximum atomic E-state index is 11.7. The minimum absolute atomic E-state index is 0.0316. The van der Waals surface area contributed by atoms with E-state index in [1.807, 2.05) is 32.9 Å². The normalized spacial score (nSPS) is 11.6. The molecule has 0 aromatic heterocycles. The van der Waals surface area contributed by atoms with Crippen LogP contribution in [0.5, 0.6) is 0 Å². The molecule has 0 amide bonds. The molecule has 0 saturated heterocycles. The predicted molar refractivity (Wildman–Crippen MR) is 73.6 cm³/mol. The Morgan fingerprint density at radius 3 is 2.59 bits per heavy atom. The summed E-state index contributed by atoms with van der Waals surface area (Å²) in [5.74, 6) is 0.0316. The highest BCUT2D eigenvalue weighted by Crippen LogP contribution is 2.22. The van der Waals surface area contributed by atoms with Crippen molar-refractivity contribution >= 4 is 33.3 Å². The van der Waals surface area contributed by atoms with Gasteiger partial charge in [0.15, 0.2) is 5.78 Å². The number of carbonyl (C=O) groups excluding carboxylic acids is 1. The Morgan fingerprint density at radius 1 is 1.41 bits per heavy atom. The lowest BCUT2D eigenvalue weighted by atomic mass is 10.1. The zero-order valence-corrected chi connectivity index (χ0v) is 12.6. The van der Waals surface area contributed by atoms with E-state index in [9.17, 15) is 4.79 Å². The van der Waals surface area contributed by atoms with Crippen LogP contribution in [0.2, 0.25) is 5.02 Å². The van der Waals surface area contributed by atoms with Crippen molar-refractivity contribution in [1.29, 1.82) is 0 Å². The van der Waals surface area contributed by atoms with E-state index in [-0.39, 0.29) is 18.0 Å². The van der Waals surface area contributed by atoms with E-state index in [1.54, 1.807) is 6.07 Å². The van der Waals surface area contributed by atoms with Gasteiger partial charge in [0.1, 0.15) is 6.61 Å². The second-order valence-corrected chi connectivity index (χ2v) is 6.18. The lowest BCUT2D eigenvalue weighted by Crippen LogP contribution is -2.24. The summed E-state index contributed by atoms with van der Waals surface area (Å²) in [7, 11) is 0. The number of halogens is 2. The molecular weight excluding hydrogens is 303 g/mol. The molecular formula is C13H16BrClO2. The van der Waals surface area contributed by atoms with Gasteiger partial charge in [0.05, 0.1) is 5.60 Å². The molecule has 0 bridgehead atoms. The number of carbonyl (C=O) groups is 1. The Hall–Kier alpha value is -0.380. The van der Waals surface area contributed by atoms with Crippen molar-refractivity contribution in [2.75, 3.05) is 6.61 Å². The molecule has 1 rings (SSSR count). The average Bonchev–Trinajstić information content (AvgIpc) is 2.18. The summed E-state index contributed by atoms with van der Waals surface area (Å²) in [5.41, 5.74) is 0.538. The van der Waals surface area contributed by atoms with Crippen molar-refractivity contribution < 1.29 is 9.53 Å². The van der Waals surface area contributed by atoms with Crippen LogP contribution in [0.15, 0.2) is 22.7 Å². The van der Waals surface area contributed by atoms with Gasteiger partial charge in [-0.25, -0.2) is 0 Å². The van der Waals surface area contributed by atoms with Gasteiger partial charge in [0.2, 0.25) is 0 Å². The van der Waals surface area contributed by atoms with E-state index in [2.05, 4.69) is 15.9 Å². The lowest BCUT2D eigenvalue weighted by Gasteiger charge is -2.18. The fourth-order valence-electron chi connectivity index (χ4n) is 1.23. The zero-order valence-electron chi connectivity index (χ0n) is 10.2. The lowest BCUT2D eigenvalue weighted by molar-refractivity contribution is -0.127. The minimum atomic E-state index is -0.292. The SMILES string of the molecule is CC(C)(C)OCC(=O)Cc1ccc(Br)cc1Cl. The second kappa shape index (κ2) is 5.98. The van der Waals surface area contributed by atoms with Gasteiger partial charge in [0, 0.05) is 15.9 Å². The van der Waals surface area contributed by atoms with Crippen LogP contribution in [0.4, 0.5) is 0 Å². The molecule has 17 heavy (non-hydrogen) atoms. The number of Topliss-reactive ketones (excluding diaryl/α,β-unsaturated/α-hetero) is 1. The largest absolute Gasteiger partial charge is 0.368 e. The van der Waals surface area contributed by atoms with Crippen LogP contribution < -0.4 is 0 Å². The number of benzene rings is 1. The van der Waals surface area contributed by atoms with Crippen molar-refractivity contribution in [3.8, 4) is 0 Å². The van der Waals surface area contributed by atoms with E-state index in [0.717, 1.165) is 10.0 Å². The molecule has 0 atom stereocenters. The highest BCUT2D eigenvalue weighted by Gasteiger charge is 2.14. The number of ketones is 1. The van der Waals surface area contributed by atoms with Gasteiger partial charge in [-0.05, 0) is 38.5 Å². The van der Waals surface area contributed by atoms with Crippen molar-refractivity contribution in [2.45, 2.75) is 32.8 Å². The van der Waals surface area contributed by atoms with Gasteiger partial charge >= 0.3 is 0 Å². The van der Waals surface area contributed by atoms with E-state index >= 15 is 0 Å². The van der Waals surface area contributed by atoms with E-state index in [4.69, 9.17) is 16.3 Å². The van der Waals surface area contributed by atoms with Gasteiger partial charge in [-0.15, -0.1) is 0 Å². The van der Waals surface area contributed by atoms with Gasteiger partial charge in [-0.2, -0.15) is 0 Å². The average molecular weight is 320 g/mol. The molecule has 2 nitrogen and oxygen atoms in total. The minimum Gasteiger partial charge on any atom is -0.368 e. The molecule has 1 aromatic carbocycles. The molecule has 0 aliphatic rings. The summed E-state index contributed by atoms with van der Waals surface area (Å²) in [6.07, 6.45) is 0.308. The fraction of sp³-hybridized carbons (Fsp3) is 0.462. The van der Waals surface area contributed by atoms with E-state index < -0.39 is 0 Å². The molecule has 0 aliphatic heterocycles. The van der Waals surface area contributed by atoms with Gasteiger partial charge < -0.3 is 4.74 Å². The summed E-state index contributed by atoms with van der Waals surface area (Å²) in [6.45, 7) is 5.89. The summed E-state index contributed by atoms with van der Waals surface area (Å²) in [6, 6.07) is 5.51. The summed E-state index contributed by atoms with van der Waals surface area (Å²) in [4.78, 5) is 11.7. The van der Waals surface area contributed by atoms with Crippen LogP contribution in [-0.4, -0.2) is 18.0 Å². The van der Waals surface area contributed by atoms with Crippen LogP contribution in [0.3, 0.4) is 0 Å². The van der Waals surface area contributed by atoms with Crippen LogP contribution >= 0.6 is 27.5 Å². The first-order valence-corrected chi connectivity index (χ1v) is 6.54. The van der Waals surface area contributed by atoms with Crippen molar-refractivity contribution in [2.24, 2.45) is 0 Å². The first-order chi connectivity index (χ1) is 7.78. The Labute approximate surface area is 115 Å². The third kappa shape index (κ3) is 5.66. The highest BCUT2D eigenvalue weighted by atomic mass is 79.9. The van der Waals surface area contributed by atoms with E-state index in [1.165, 1.54) is 0 Å². The number of hydrogen-bond acceptors (Lipinski definition) is 2. The first kappa shape index (κ1) is 14.7. The third-order valence-corrected chi connectivity index (χ3v) is 2.91. The molecule has 0 saturated carbocycles. The number of rotatable bonds is 4. The molecule has 0 N–H and O–H groups in total. The molecule has 0 fully saturated rings. The van der Waals surface area contributed by atoms with Crippen molar-refractivity contribution in [3.05, 3.63) is 33.3 Å². The number of hydrogen-bond donors (Lipinski definition) is 0. The predicted octanol–water partition coefficient (Wildman–Crippen LogP) is 4.03. The number of ether oxygens (including phenoxy) is 1. The second-order valence-electron chi connectivity index (χ2n) is 4.85. The van der Waals surface area contributed by atoms with E-state index in [0.29, 0.717) is 11.4 Å². The van der Waals surface area contributed by atoms with Gasteiger partial charge in [0.25, 0.3) is 0 Å². The Balaban J connectivity index is 2.57. The molecule has 4 heteroatoms. The molecule has 0 radical (unpaired) electrons. The topological polar surface area (TPSA) is 26.3 Å².